The molecule has 2 rings (SSSR count). The summed E-state index contributed by atoms with van der Waals surface area (Å²) in [5.74, 6) is 0. The van der Waals surface area contributed by atoms with Gasteiger partial charge in [0.15, 0.2) is 0 Å². The molecule has 0 unspecified atom stereocenters. The van der Waals surface area contributed by atoms with Gasteiger partial charge in [0.05, 0.1) is 11.7 Å². The van der Waals surface area contributed by atoms with Crippen LogP contribution in [-0.4, -0.2) is 22.5 Å². The summed E-state index contributed by atoms with van der Waals surface area (Å²) in [6, 6.07) is 7.52. The van der Waals surface area contributed by atoms with Gasteiger partial charge in [-0.05, 0) is 52.3 Å². The average molecular weight is 204 g/mol. The van der Waals surface area contributed by atoms with E-state index in [0.29, 0.717) is 12.1 Å². The highest BCUT2D eigenvalue weighted by Crippen LogP contribution is 2.32. The Labute approximate surface area is 92.3 Å². The Balaban J connectivity index is 2.22. The third-order valence-electron chi connectivity index (χ3n) is 3.21. The monoisotopic (exact) mass is 204 g/mol. The summed E-state index contributed by atoms with van der Waals surface area (Å²) in [7, 11) is 0. The fourth-order valence-electron chi connectivity index (χ4n) is 2.47. The van der Waals surface area contributed by atoms with E-state index in [1.165, 1.54) is 25.1 Å². The second-order valence-corrected chi connectivity index (χ2v) is 4.69. The summed E-state index contributed by atoms with van der Waals surface area (Å²) in [6.45, 7) is 7.83. The normalized spacial score (nSPS) is 22.5. The van der Waals surface area contributed by atoms with Crippen molar-refractivity contribution in [2.24, 2.45) is 0 Å². The molecule has 82 valence electrons. The van der Waals surface area contributed by atoms with Gasteiger partial charge in [-0.3, -0.25) is 9.88 Å². The zero-order valence-corrected chi connectivity index (χ0v) is 9.90. The third kappa shape index (κ3) is 2.20. The maximum atomic E-state index is 4.65. The van der Waals surface area contributed by atoms with Crippen LogP contribution in [0.3, 0.4) is 0 Å². The SMILES string of the molecule is Cc1cccc([C@H]2CCCN2C(C)C)n1. The Hall–Kier alpha value is -0.890. The standard InChI is InChI=1S/C13H20N2/c1-10(2)15-9-5-8-13(15)12-7-4-6-11(3)14-12/h4,6-7,10,13H,5,8-9H2,1-3H3/t13-/m1/s1. The van der Waals surface area contributed by atoms with Gasteiger partial charge in [0.2, 0.25) is 0 Å². The highest BCUT2D eigenvalue weighted by atomic mass is 15.2. The van der Waals surface area contributed by atoms with Gasteiger partial charge in [0.1, 0.15) is 0 Å². The molecule has 2 heteroatoms. The number of hydrogen-bond donors (Lipinski definition) is 0. The lowest BCUT2D eigenvalue weighted by Gasteiger charge is -2.27. The summed E-state index contributed by atoms with van der Waals surface area (Å²) in [5, 5.41) is 0. The van der Waals surface area contributed by atoms with Gasteiger partial charge in [-0.25, -0.2) is 0 Å². The number of pyridine rings is 1. The molecule has 2 nitrogen and oxygen atoms in total. The average Bonchev–Trinajstić information content (AvgIpc) is 2.65. The number of nitrogens with zero attached hydrogens (tertiary/aromatic N) is 2. The quantitative estimate of drug-likeness (QED) is 0.736. The largest absolute Gasteiger partial charge is 0.292 e. The van der Waals surface area contributed by atoms with Gasteiger partial charge in [-0.1, -0.05) is 6.07 Å². The molecule has 1 saturated heterocycles. The lowest BCUT2D eigenvalue weighted by molar-refractivity contribution is 0.202. The van der Waals surface area contributed by atoms with Crippen LogP contribution < -0.4 is 0 Å². The number of hydrogen-bond acceptors (Lipinski definition) is 2. The summed E-state index contributed by atoms with van der Waals surface area (Å²) >= 11 is 0. The van der Waals surface area contributed by atoms with Gasteiger partial charge in [-0.15, -0.1) is 0 Å². The summed E-state index contributed by atoms with van der Waals surface area (Å²) < 4.78 is 0. The van der Waals surface area contributed by atoms with Crippen molar-refractivity contribution < 1.29 is 0 Å². The van der Waals surface area contributed by atoms with Crippen molar-refractivity contribution in [2.45, 2.75) is 45.7 Å². The third-order valence-corrected chi connectivity index (χ3v) is 3.21. The van der Waals surface area contributed by atoms with Gasteiger partial charge in [0.25, 0.3) is 0 Å². The minimum absolute atomic E-state index is 0.546. The first kappa shape index (κ1) is 10.6. The second kappa shape index (κ2) is 4.31. The molecule has 1 aromatic rings. The number of aryl methyl sites for hydroxylation is 1. The van der Waals surface area contributed by atoms with Crippen molar-refractivity contribution in [3.05, 3.63) is 29.6 Å². The molecule has 1 aromatic heterocycles. The molecule has 0 N–H and O–H groups in total. The Morgan fingerprint density at radius 1 is 1.40 bits per heavy atom. The Morgan fingerprint density at radius 2 is 2.20 bits per heavy atom. The van der Waals surface area contributed by atoms with E-state index in [1.807, 2.05) is 0 Å². The van der Waals surface area contributed by atoms with Crippen LogP contribution in [0.2, 0.25) is 0 Å². The van der Waals surface area contributed by atoms with Crippen LogP contribution in [0.25, 0.3) is 0 Å². The lowest BCUT2D eigenvalue weighted by Crippen LogP contribution is -2.30. The predicted molar refractivity (Wildman–Crippen MR) is 62.8 cm³/mol. The predicted octanol–water partition coefficient (Wildman–Crippen LogP) is 2.94. The first-order valence-corrected chi connectivity index (χ1v) is 5.88. The zero-order valence-electron chi connectivity index (χ0n) is 9.90. The first-order valence-electron chi connectivity index (χ1n) is 5.88. The van der Waals surface area contributed by atoms with Crippen molar-refractivity contribution in [1.82, 2.24) is 9.88 Å². The molecule has 0 bridgehead atoms. The van der Waals surface area contributed by atoms with Crippen LogP contribution >= 0.6 is 0 Å². The summed E-state index contributed by atoms with van der Waals surface area (Å²) in [4.78, 5) is 7.20. The van der Waals surface area contributed by atoms with E-state index < -0.39 is 0 Å². The molecule has 1 fully saturated rings. The van der Waals surface area contributed by atoms with Gasteiger partial charge in [0, 0.05) is 11.7 Å². The maximum Gasteiger partial charge on any atom is 0.0578 e. The molecule has 0 aliphatic carbocycles. The van der Waals surface area contributed by atoms with Gasteiger partial charge >= 0.3 is 0 Å². The van der Waals surface area contributed by atoms with Crippen LogP contribution in [0.5, 0.6) is 0 Å². The Bertz CT molecular complexity index is 333. The molecule has 0 spiro atoms. The van der Waals surface area contributed by atoms with E-state index in [2.05, 4.69) is 48.9 Å². The van der Waals surface area contributed by atoms with Gasteiger partial charge in [-0.2, -0.15) is 0 Å². The number of aromatic nitrogens is 1. The minimum Gasteiger partial charge on any atom is -0.292 e. The fraction of sp³-hybridized carbons (Fsp3) is 0.615. The molecule has 0 radical (unpaired) electrons. The van der Waals surface area contributed by atoms with Crippen LogP contribution in [0.1, 0.15) is 44.1 Å². The lowest BCUT2D eigenvalue weighted by atomic mass is 10.1. The highest BCUT2D eigenvalue weighted by molar-refractivity contribution is 5.14. The van der Waals surface area contributed by atoms with Crippen LogP contribution in [0, 0.1) is 6.92 Å². The molecule has 2 heterocycles. The molecular formula is C13H20N2. The maximum absolute atomic E-state index is 4.65. The smallest absolute Gasteiger partial charge is 0.0578 e. The van der Waals surface area contributed by atoms with Crippen molar-refractivity contribution in [3.8, 4) is 0 Å². The molecule has 0 amide bonds. The van der Waals surface area contributed by atoms with Crippen LogP contribution in [-0.2, 0) is 0 Å². The van der Waals surface area contributed by atoms with Crippen molar-refractivity contribution in [2.75, 3.05) is 6.54 Å². The molecule has 1 aliphatic rings. The van der Waals surface area contributed by atoms with E-state index in [4.69, 9.17) is 0 Å². The second-order valence-electron chi connectivity index (χ2n) is 4.69. The minimum atomic E-state index is 0.546. The molecule has 0 saturated carbocycles. The summed E-state index contributed by atoms with van der Waals surface area (Å²) in [5.41, 5.74) is 2.38. The van der Waals surface area contributed by atoms with E-state index in [1.54, 1.807) is 0 Å². The van der Waals surface area contributed by atoms with Crippen molar-refractivity contribution in [3.63, 3.8) is 0 Å². The van der Waals surface area contributed by atoms with Crippen LogP contribution in [0.15, 0.2) is 18.2 Å². The first-order chi connectivity index (χ1) is 7.18. The molecule has 1 atom stereocenters. The summed E-state index contributed by atoms with van der Waals surface area (Å²) in [6.07, 6.45) is 2.56. The van der Waals surface area contributed by atoms with E-state index >= 15 is 0 Å². The zero-order chi connectivity index (χ0) is 10.8. The number of rotatable bonds is 2. The Morgan fingerprint density at radius 3 is 2.87 bits per heavy atom. The van der Waals surface area contributed by atoms with E-state index in [9.17, 15) is 0 Å². The van der Waals surface area contributed by atoms with Crippen molar-refractivity contribution in [1.29, 1.82) is 0 Å². The van der Waals surface area contributed by atoms with Crippen molar-refractivity contribution >= 4 is 0 Å². The molecule has 15 heavy (non-hydrogen) atoms. The molecule has 0 aromatic carbocycles. The Kier molecular flexibility index (Phi) is 3.06. The van der Waals surface area contributed by atoms with E-state index in [0.717, 1.165) is 5.69 Å². The molecular weight excluding hydrogens is 184 g/mol. The highest BCUT2D eigenvalue weighted by Gasteiger charge is 2.28. The van der Waals surface area contributed by atoms with Crippen LogP contribution in [0.4, 0.5) is 0 Å². The van der Waals surface area contributed by atoms with Gasteiger partial charge < -0.3 is 0 Å². The topological polar surface area (TPSA) is 16.1 Å². The number of likely N-dealkylation sites (tertiary alicyclic amines) is 1. The molecule has 1 aliphatic heterocycles. The van der Waals surface area contributed by atoms with E-state index in [-0.39, 0.29) is 0 Å². The fourth-order valence-corrected chi connectivity index (χ4v) is 2.47.